The monoisotopic (exact) mass is 262 g/mol. The fraction of sp³-hybridized carbons (Fsp3) is 0.273. The number of hydrogen-bond donors (Lipinski definition) is 1. The number of Topliss-reactive ketones (excluding diaryl/α,β-unsaturated/α-hetero) is 1. The molecule has 1 aromatic rings. The summed E-state index contributed by atoms with van der Waals surface area (Å²) in [6.45, 7) is 0. The van der Waals surface area contributed by atoms with Gasteiger partial charge in [0.25, 0.3) is 0 Å². The van der Waals surface area contributed by atoms with Crippen molar-refractivity contribution in [2.45, 2.75) is 6.42 Å². The Labute approximate surface area is 142 Å². The second kappa shape index (κ2) is 8.44. The predicted molar refractivity (Wildman–Crippen MR) is 57.7 cm³/mol. The van der Waals surface area contributed by atoms with Gasteiger partial charge in [-0.05, 0) is 5.75 Å². The van der Waals surface area contributed by atoms with Crippen LogP contribution in [0.3, 0.4) is 0 Å². The van der Waals surface area contributed by atoms with Crippen molar-refractivity contribution in [2.24, 2.45) is 5.92 Å². The Hall–Kier alpha value is 0.346. The summed E-state index contributed by atoms with van der Waals surface area (Å²) in [5.74, 6) is -2.13. The van der Waals surface area contributed by atoms with Crippen LogP contribution in [0.2, 0.25) is 0 Å². The quantitative estimate of drug-likeness (QED) is 0.364. The van der Waals surface area contributed by atoms with Crippen molar-refractivity contribution >= 4 is 24.4 Å². The molecule has 1 aromatic carbocycles. The van der Waals surface area contributed by atoms with Gasteiger partial charge < -0.3 is 9.90 Å². The Kier molecular flexibility index (Phi) is 8.62. The Morgan fingerprint density at radius 2 is 1.81 bits per heavy atom. The molecule has 1 atom stereocenters. The van der Waals surface area contributed by atoms with Gasteiger partial charge in [-0.2, -0.15) is 12.6 Å². The molecular formula is C11H11KO3S. The molecule has 16 heavy (non-hydrogen) atoms. The Morgan fingerprint density at radius 1 is 1.25 bits per heavy atom. The first-order valence-electron chi connectivity index (χ1n) is 4.55. The van der Waals surface area contributed by atoms with Gasteiger partial charge in [0.2, 0.25) is 0 Å². The molecule has 1 rings (SSSR count). The third-order valence-electron chi connectivity index (χ3n) is 2.08. The third-order valence-corrected chi connectivity index (χ3v) is 2.52. The van der Waals surface area contributed by atoms with E-state index in [1.807, 2.05) is 0 Å². The van der Waals surface area contributed by atoms with Crippen molar-refractivity contribution in [3.8, 4) is 0 Å². The first-order chi connectivity index (χ1) is 7.15. The number of thiol groups is 1. The summed E-state index contributed by atoms with van der Waals surface area (Å²) < 4.78 is 0. The molecule has 0 saturated carbocycles. The van der Waals surface area contributed by atoms with Crippen LogP contribution in [0.1, 0.15) is 16.8 Å². The maximum Gasteiger partial charge on any atom is 1.00 e. The van der Waals surface area contributed by atoms with Gasteiger partial charge in [-0.15, -0.1) is 0 Å². The van der Waals surface area contributed by atoms with Gasteiger partial charge in [0.15, 0.2) is 5.78 Å². The molecule has 0 aliphatic carbocycles. The molecule has 0 fully saturated rings. The van der Waals surface area contributed by atoms with Gasteiger partial charge in [-0.3, -0.25) is 4.79 Å². The molecule has 5 heteroatoms. The maximum atomic E-state index is 11.6. The Bertz CT molecular complexity index is 354. The molecule has 1 unspecified atom stereocenters. The molecule has 0 N–H and O–H groups in total. The molecular weight excluding hydrogens is 251 g/mol. The largest absolute Gasteiger partial charge is 1.00 e. The number of carboxylic acids is 1. The summed E-state index contributed by atoms with van der Waals surface area (Å²) in [6.07, 6.45) is -0.0597. The molecule has 0 saturated heterocycles. The number of aliphatic carboxylic acids is 1. The predicted octanol–water partition coefficient (Wildman–Crippen LogP) is -2.44. The molecule has 3 nitrogen and oxygen atoms in total. The minimum atomic E-state index is -1.23. The zero-order chi connectivity index (χ0) is 11.3. The number of benzene rings is 1. The minimum Gasteiger partial charge on any atom is -0.550 e. The fourth-order valence-electron chi connectivity index (χ4n) is 1.19. The number of carbonyl (C=O) groups excluding carboxylic acids is 2. The van der Waals surface area contributed by atoms with E-state index < -0.39 is 11.9 Å². The van der Waals surface area contributed by atoms with Crippen molar-refractivity contribution in [3.63, 3.8) is 0 Å². The van der Waals surface area contributed by atoms with Crippen molar-refractivity contribution in [3.05, 3.63) is 35.9 Å². The van der Waals surface area contributed by atoms with Crippen LogP contribution in [0, 0.1) is 5.92 Å². The summed E-state index contributed by atoms with van der Waals surface area (Å²) in [7, 11) is 0. The summed E-state index contributed by atoms with van der Waals surface area (Å²) in [4.78, 5) is 22.2. The normalized spacial score (nSPS) is 11.3. The van der Waals surface area contributed by atoms with Crippen LogP contribution in [0.4, 0.5) is 0 Å². The van der Waals surface area contributed by atoms with E-state index in [1.54, 1.807) is 30.3 Å². The van der Waals surface area contributed by atoms with E-state index in [9.17, 15) is 14.7 Å². The van der Waals surface area contributed by atoms with E-state index in [2.05, 4.69) is 12.6 Å². The minimum absolute atomic E-state index is 0. The number of ketones is 1. The van der Waals surface area contributed by atoms with Crippen LogP contribution in [-0.2, 0) is 4.79 Å². The van der Waals surface area contributed by atoms with Gasteiger partial charge in [-0.25, -0.2) is 0 Å². The van der Waals surface area contributed by atoms with E-state index >= 15 is 0 Å². The van der Waals surface area contributed by atoms with Crippen molar-refractivity contribution in [2.75, 3.05) is 5.75 Å². The Balaban J connectivity index is 0.00000225. The topological polar surface area (TPSA) is 57.2 Å². The molecule has 0 aliphatic rings. The first-order valence-corrected chi connectivity index (χ1v) is 5.18. The molecule has 0 aromatic heterocycles. The standard InChI is InChI=1S/C11H12O3S.K/c12-10(6-9(7-15)11(13)14)8-4-2-1-3-5-8;/h1-5,9,15H,6-7H2,(H,13,14);/q;+1/p-1. The zero-order valence-electron chi connectivity index (χ0n) is 9.05. The summed E-state index contributed by atoms with van der Waals surface area (Å²) in [5.41, 5.74) is 0.519. The van der Waals surface area contributed by atoms with Crippen molar-refractivity contribution < 1.29 is 66.1 Å². The number of rotatable bonds is 5. The second-order valence-corrected chi connectivity index (χ2v) is 3.56. The van der Waals surface area contributed by atoms with E-state index in [4.69, 9.17) is 0 Å². The first kappa shape index (κ1) is 16.3. The van der Waals surface area contributed by atoms with E-state index in [1.165, 1.54) is 0 Å². The van der Waals surface area contributed by atoms with E-state index in [0.29, 0.717) is 5.56 Å². The SMILES string of the molecule is O=C(CC(CS)C(=O)[O-])c1ccccc1.[K+]. The van der Waals surface area contributed by atoms with Crippen LogP contribution in [-0.4, -0.2) is 17.5 Å². The average molecular weight is 262 g/mol. The smallest absolute Gasteiger partial charge is 0.550 e. The maximum absolute atomic E-state index is 11.6. The van der Waals surface area contributed by atoms with Gasteiger partial charge >= 0.3 is 51.4 Å². The number of carbonyl (C=O) groups is 2. The van der Waals surface area contributed by atoms with Gasteiger partial charge in [0, 0.05) is 23.9 Å². The van der Waals surface area contributed by atoms with Crippen LogP contribution >= 0.6 is 12.6 Å². The molecule has 80 valence electrons. The zero-order valence-corrected chi connectivity index (χ0v) is 13.1. The number of carboxylic acid groups (broad SMARTS) is 1. The van der Waals surface area contributed by atoms with Crippen molar-refractivity contribution in [1.29, 1.82) is 0 Å². The van der Waals surface area contributed by atoms with Crippen LogP contribution < -0.4 is 56.5 Å². The third kappa shape index (κ3) is 5.12. The van der Waals surface area contributed by atoms with Crippen LogP contribution in [0.5, 0.6) is 0 Å². The molecule has 0 radical (unpaired) electrons. The average Bonchev–Trinajstić information content (AvgIpc) is 2.26. The molecule has 0 amide bonds. The van der Waals surface area contributed by atoms with Gasteiger partial charge in [-0.1, -0.05) is 30.3 Å². The molecule has 0 spiro atoms. The fourth-order valence-corrected chi connectivity index (χ4v) is 1.47. The van der Waals surface area contributed by atoms with Crippen LogP contribution in [0.25, 0.3) is 0 Å². The van der Waals surface area contributed by atoms with Crippen LogP contribution in [0.15, 0.2) is 30.3 Å². The Morgan fingerprint density at radius 3 is 2.25 bits per heavy atom. The van der Waals surface area contributed by atoms with Crippen molar-refractivity contribution in [1.82, 2.24) is 0 Å². The second-order valence-electron chi connectivity index (χ2n) is 3.19. The molecule has 0 aliphatic heterocycles. The summed E-state index contributed by atoms with van der Waals surface area (Å²) in [6, 6.07) is 8.59. The van der Waals surface area contributed by atoms with Gasteiger partial charge in [0.05, 0.1) is 0 Å². The summed E-state index contributed by atoms with van der Waals surface area (Å²) >= 11 is 3.87. The number of hydrogen-bond acceptors (Lipinski definition) is 4. The van der Waals surface area contributed by atoms with E-state index in [-0.39, 0.29) is 69.3 Å². The molecule has 0 heterocycles. The van der Waals surface area contributed by atoms with E-state index in [0.717, 1.165) is 0 Å². The van der Waals surface area contributed by atoms with Gasteiger partial charge in [0.1, 0.15) is 0 Å². The molecule has 0 bridgehead atoms. The summed E-state index contributed by atoms with van der Waals surface area (Å²) in [5, 5.41) is 10.6.